The van der Waals surface area contributed by atoms with Gasteiger partial charge in [-0.3, -0.25) is 4.99 Å². The Balaban J connectivity index is 1.93. The monoisotopic (exact) mass is 410 g/mol. The number of amidine groups is 1. The van der Waals surface area contributed by atoms with Gasteiger partial charge in [-0.25, -0.2) is 4.99 Å². The lowest BCUT2D eigenvalue weighted by Gasteiger charge is -2.31. The number of hydrogen-bond donors (Lipinski definition) is 1. The minimum atomic E-state index is 0.461. The molecule has 5 heteroatoms. The van der Waals surface area contributed by atoms with Crippen molar-refractivity contribution in [3.63, 3.8) is 0 Å². The fraction of sp³-hybridized carbons (Fsp3) is 0.520. The average Bonchev–Trinajstić information content (AvgIpc) is 2.79. The highest BCUT2D eigenvalue weighted by Crippen LogP contribution is 2.15. The third-order valence-electron chi connectivity index (χ3n) is 5.51. The van der Waals surface area contributed by atoms with Crippen LogP contribution in [0.5, 0.6) is 5.75 Å². The highest BCUT2D eigenvalue weighted by molar-refractivity contribution is 5.90. The van der Waals surface area contributed by atoms with Gasteiger partial charge in [0.1, 0.15) is 17.9 Å². The number of nitrogens with zero attached hydrogens (tertiary/aromatic N) is 3. The van der Waals surface area contributed by atoms with E-state index >= 15 is 0 Å². The maximum Gasteiger partial charge on any atom is 0.118 e. The van der Waals surface area contributed by atoms with Gasteiger partial charge in [-0.05, 0) is 43.5 Å². The fourth-order valence-electron chi connectivity index (χ4n) is 3.58. The molecule has 1 heterocycles. The van der Waals surface area contributed by atoms with Gasteiger partial charge in [-0.1, -0.05) is 56.2 Å². The summed E-state index contributed by atoms with van der Waals surface area (Å²) in [6.45, 7) is 6.98. The second-order valence-electron chi connectivity index (χ2n) is 7.63. The molecular weight excluding hydrogens is 372 g/mol. The maximum absolute atomic E-state index is 5.23. The van der Waals surface area contributed by atoms with Crippen LogP contribution in [0.15, 0.2) is 58.1 Å². The molecule has 1 aromatic rings. The largest absolute Gasteiger partial charge is 0.497 e. The van der Waals surface area contributed by atoms with Gasteiger partial charge >= 0.3 is 0 Å². The smallest absolute Gasteiger partial charge is 0.118 e. The molecule has 0 aliphatic carbocycles. The van der Waals surface area contributed by atoms with Gasteiger partial charge in [0.2, 0.25) is 0 Å². The van der Waals surface area contributed by atoms with E-state index in [2.05, 4.69) is 71.5 Å². The number of ether oxygens (including phenoxy) is 1. The van der Waals surface area contributed by atoms with Gasteiger partial charge in [0, 0.05) is 26.1 Å². The van der Waals surface area contributed by atoms with Crippen molar-refractivity contribution in [3.8, 4) is 5.75 Å². The van der Waals surface area contributed by atoms with E-state index in [1.54, 1.807) is 13.4 Å². The minimum Gasteiger partial charge on any atom is -0.497 e. The van der Waals surface area contributed by atoms with E-state index in [1.807, 2.05) is 12.1 Å². The van der Waals surface area contributed by atoms with Crippen LogP contribution in [0.1, 0.15) is 51.5 Å². The molecule has 0 spiro atoms. The first-order valence-electron chi connectivity index (χ1n) is 11.1. The standard InChI is InChI=1S/C25H38N4O/c1-5-8-23(16-18-26-19-22-10-13-24(30-4)14-11-22)29(3)25-15-12-21(6-2)9-7-17-27-20-28-25/h7,9-14,20,23,26H,5-6,8,15-19H2,1-4H3/b9-7-,21-12-,27-20-,28-25+. The van der Waals surface area contributed by atoms with Crippen LogP contribution in [0.2, 0.25) is 0 Å². The predicted molar refractivity (Wildman–Crippen MR) is 129 cm³/mol. The van der Waals surface area contributed by atoms with Crippen molar-refractivity contribution in [1.29, 1.82) is 0 Å². The van der Waals surface area contributed by atoms with E-state index < -0.39 is 0 Å². The normalized spacial score (nSPS) is 20.9. The van der Waals surface area contributed by atoms with Crippen molar-refractivity contribution >= 4 is 12.2 Å². The molecule has 1 aliphatic heterocycles. The SMILES string of the molecule is CCCC(CCNCc1ccc(OC)cc1)N(C)/C1=N/C=N\C/C=C\C(CC)=C/C1. The quantitative estimate of drug-likeness (QED) is 0.552. The van der Waals surface area contributed by atoms with E-state index in [9.17, 15) is 0 Å². The molecule has 0 bridgehead atoms. The molecule has 1 aromatic carbocycles. The summed E-state index contributed by atoms with van der Waals surface area (Å²) < 4.78 is 5.23. The Hall–Kier alpha value is -2.40. The van der Waals surface area contributed by atoms with Crippen molar-refractivity contribution in [3.05, 3.63) is 53.6 Å². The van der Waals surface area contributed by atoms with Gasteiger partial charge in [-0.15, -0.1) is 0 Å². The second kappa shape index (κ2) is 13.8. The Morgan fingerprint density at radius 1 is 1.17 bits per heavy atom. The lowest BCUT2D eigenvalue weighted by molar-refractivity contribution is 0.316. The second-order valence-corrected chi connectivity index (χ2v) is 7.63. The summed E-state index contributed by atoms with van der Waals surface area (Å²) in [7, 11) is 3.88. The molecule has 0 saturated heterocycles. The third-order valence-corrected chi connectivity index (χ3v) is 5.51. The number of allylic oxidation sites excluding steroid dienone is 2. The average molecular weight is 411 g/mol. The van der Waals surface area contributed by atoms with Crippen LogP contribution < -0.4 is 10.1 Å². The molecule has 1 unspecified atom stereocenters. The first-order chi connectivity index (χ1) is 14.7. The summed E-state index contributed by atoms with van der Waals surface area (Å²) in [6, 6.07) is 8.71. The molecule has 2 rings (SSSR count). The fourth-order valence-corrected chi connectivity index (χ4v) is 3.58. The van der Waals surface area contributed by atoms with Crippen LogP contribution in [-0.4, -0.2) is 50.4 Å². The summed E-state index contributed by atoms with van der Waals surface area (Å²) in [5.74, 6) is 1.99. The lowest BCUT2D eigenvalue weighted by Crippen LogP contribution is -2.39. The van der Waals surface area contributed by atoms with Crippen LogP contribution in [0.4, 0.5) is 0 Å². The van der Waals surface area contributed by atoms with Crippen LogP contribution in [-0.2, 0) is 6.54 Å². The highest BCUT2D eigenvalue weighted by atomic mass is 16.5. The summed E-state index contributed by atoms with van der Waals surface area (Å²) in [5, 5.41) is 3.59. The summed E-state index contributed by atoms with van der Waals surface area (Å²) in [4.78, 5) is 11.4. The molecule has 0 aromatic heterocycles. The van der Waals surface area contributed by atoms with Crippen molar-refractivity contribution in [2.45, 2.75) is 58.5 Å². The van der Waals surface area contributed by atoms with Gasteiger partial charge < -0.3 is 15.0 Å². The molecular formula is C25H38N4O. The number of methoxy groups -OCH3 is 1. The van der Waals surface area contributed by atoms with Gasteiger partial charge in [0.05, 0.1) is 13.7 Å². The molecule has 0 saturated carbocycles. The van der Waals surface area contributed by atoms with Crippen molar-refractivity contribution in [2.75, 3.05) is 27.2 Å². The lowest BCUT2D eigenvalue weighted by atomic mass is 10.1. The number of benzene rings is 1. The molecule has 0 radical (unpaired) electrons. The van der Waals surface area contributed by atoms with E-state index in [-0.39, 0.29) is 0 Å². The molecule has 0 amide bonds. The predicted octanol–water partition coefficient (Wildman–Crippen LogP) is 5.00. The van der Waals surface area contributed by atoms with Gasteiger partial charge in [0.15, 0.2) is 0 Å². The van der Waals surface area contributed by atoms with E-state index in [0.717, 1.165) is 56.8 Å². The van der Waals surface area contributed by atoms with Crippen LogP contribution in [0.3, 0.4) is 0 Å². The molecule has 5 nitrogen and oxygen atoms in total. The maximum atomic E-state index is 5.23. The van der Waals surface area contributed by atoms with Crippen LogP contribution >= 0.6 is 0 Å². The summed E-state index contributed by atoms with van der Waals surface area (Å²) >= 11 is 0. The first kappa shape index (κ1) is 23.9. The molecule has 1 aliphatic rings. The van der Waals surface area contributed by atoms with Gasteiger partial charge in [-0.2, -0.15) is 0 Å². The van der Waals surface area contributed by atoms with Crippen LogP contribution in [0, 0.1) is 0 Å². The number of hydrogen-bond acceptors (Lipinski definition) is 5. The Morgan fingerprint density at radius 2 is 1.97 bits per heavy atom. The minimum absolute atomic E-state index is 0.461. The van der Waals surface area contributed by atoms with Crippen molar-refractivity contribution in [2.24, 2.45) is 9.98 Å². The number of rotatable bonds is 10. The molecule has 0 fully saturated rings. The van der Waals surface area contributed by atoms with E-state index in [1.165, 1.54) is 11.1 Å². The van der Waals surface area contributed by atoms with E-state index in [0.29, 0.717) is 12.6 Å². The topological polar surface area (TPSA) is 49.2 Å². The molecule has 164 valence electrons. The van der Waals surface area contributed by atoms with Crippen LogP contribution in [0.25, 0.3) is 0 Å². The zero-order valence-electron chi connectivity index (χ0n) is 19.1. The van der Waals surface area contributed by atoms with Crippen molar-refractivity contribution in [1.82, 2.24) is 10.2 Å². The Bertz CT molecular complexity index is 734. The van der Waals surface area contributed by atoms with Gasteiger partial charge in [0.25, 0.3) is 0 Å². The van der Waals surface area contributed by atoms with Crippen molar-refractivity contribution < 1.29 is 4.74 Å². The highest BCUT2D eigenvalue weighted by Gasteiger charge is 2.17. The molecule has 1 atom stereocenters. The Kier molecular flexibility index (Phi) is 10.9. The first-order valence-corrected chi connectivity index (χ1v) is 11.1. The number of aliphatic imine (C=N–C) groups is 2. The molecule has 1 N–H and O–H groups in total. The Morgan fingerprint density at radius 3 is 2.67 bits per heavy atom. The van der Waals surface area contributed by atoms with E-state index in [4.69, 9.17) is 4.74 Å². The summed E-state index contributed by atoms with van der Waals surface area (Å²) in [6.07, 6.45) is 13.6. The Labute approximate surface area is 182 Å². The summed E-state index contributed by atoms with van der Waals surface area (Å²) in [5.41, 5.74) is 2.62. The zero-order valence-corrected chi connectivity index (χ0v) is 19.1. The number of nitrogens with one attached hydrogen (secondary N) is 1. The zero-order chi connectivity index (χ0) is 21.6. The third kappa shape index (κ3) is 8.15. The molecule has 30 heavy (non-hydrogen) atoms.